The molecule has 0 aliphatic carbocycles. The zero-order valence-corrected chi connectivity index (χ0v) is 12.0. The summed E-state index contributed by atoms with van der Waals surface area (Å²) in [6, 6.07) is 10.5. The number of hydrogen-bond donors (Lipinski definition) is 1. The number of rotatable bonds is 5. The van der Waals surface area contributed by atoms with Crippen LogP contribution in [-0.2, 0) is 4.79 Å². The molecule has 1 heterocycles. The molecule has 0 saturated carbocycles. The highest BCUT2D eigenvalue weighted by Gasteiger charge is 2.22. The van der Waals surface area contributed by atoms with Gasteiger partial charge in [-0.15, -0.1) is 0 Å². The van der Waals surface area contributed by atoms with Crippen LogP contribution >= 0.6 is 15.9 Å². The molecule has 0 saturated heterocycles. The van der Waals surface area contributed by atoms with Crippen LogP contribution in [-0.4, -0.2) is 23.5 Å². The third kappa shape index (κ3) is 3.27. The van der Waals surface area contributed by atoms with Gasteiger partial charge >= 0.3 is 5.97 Å². The number of aliphatic carboxylic acids is 1. The lowest BCUT2D eigenvalue weighted by molar-refractivity contribution is -0.136. The lowest BCUT2D eigenvalue weighted by Gasteiger charge is -2.21. The Bertz CT molecular complexity index is 609. The molecule has 2 rings (SSSR count). The van der Waals surface area contributed by atoms with Crippen LogP contribution in [0.25, 0.3) is 0 Å². The molecule has 6 heteroatoms. The van der Waals surface area contributed by atoms with Gasteiger partial charge in [-0.2, -0.15) is 0 Å². The summed E-state index contributed by atoms with van der Waals surface area (Å²) in [7, 11) is 0. The lowest BCUT2D eigenvalue weighted by Crippen LogP contribution is -2.33. The number of carbonyl (C=O) groups excluding carboxylic acids is 1. The van der Waals surface area contributed by atoms with Crippen molar-refractivity contribution >= 4 is 33.5 Å². The zero-order chi connectivity index (χ0) is 14.5. The monoisotopic (exact) mass is 337 g/mol. The maximum absolute atomic E-state index is 12.5. The number of halogens is 1. The molecular formula is C14H12BrNO4. The van der Waals surface area contributed by atoms with E-state index in [0.717, 1.165) is 0 Å². The van der Waals surface area contributed by atoms with Crippen LogP contribution in [0.4, 0.5) is 5.69 Å². The van der Waals surface area contributed by atoms with Gasteiger partial charge in [0.2, 0.25) is 0 Å². The van der Waals surface area contributed by atoms with Gasteiger partial charge < -0.3 is 14.4 Å². The standard InChI is InChI=1S/C14H12BrNO4/c15-13-11(7-9-20-13)14(19)16(8-6-12(17)18)10-4-2-1-3-5-10/h1-5,7,9H,6,8H2,(H,17,18). The molecule has 0 spiro atoms. The summed E-state index contributed by atoms with van der Waals surface area (Å²) < 4.78 is 5.38. The van der Waals surface area contributed by atoms with Gasteiger partial charge in [0, 0.05) is 12.2 Å². The number of hydrogen-bond acceptors (Lipinski definition) is 3. The molecule has 0 unspecified atom stereocenters. The maximum Gasteiger partial charge on any atom is 0.305 e. The summed E-state index contributed by atoms with van der Waals surface area (Å²) in [6.45, 7) is 0.0931. The normalized spacial score (nSPS) is 10.2. The molecule has 1 aromatic carbocycles. The van der Waals surface area contributed by atoms with Crippen LogP contribution in [0.3, 0.4) is 0 Å². The molecule has 0 atom stereocenters. The van der Waals surface area contributed by atoms with E-state index < -0.39 is 5.97 Å². The van der Waals surface area contributed by atoms with E-state index in [1.54, 1.807) is 30.3 Å². The molecular weight excluding hydrogens is 326 g/mol. The number of carboxylic acid groups (broad SMARTS) is 1. The Labute approximate surface area is 123 Å². The van der Waals surface area contributed by atoms with Crippen LogP contribution in [0, 0.1) is 0 Å². The quantitative estimate of drug-likeness (QED) is 0.909. The van der Waals surface area contributed by atoms with Gasteiger partial charge in [-0.3, -0.25) is 9.59 Å². The number of benzene rings is 1. The smallest absolute Gasteiger partial charge is 0.305 e. The number of anilines is 1. The fourth-order valence-corrected chi connectivity index (χ4v) is 2.16. The van der Waals surface area contributed by atoms with Crippen molar-refractivity contribution in [1.29, 1.82) is 0 Å². The molecule has 0 aliphatic heterocycles. The Morgan fingerprint density at radius 2 is 1.90 bits per heavy atom. The molecule has 1 aromatic heterocycles. The molecule has 20 heavy (non-hydrogen) atoms. The summed E-state index contributed by atoms with van der Waals surface area (Å²) in [5.74, 6) is -1.26. The van der Waals surface area contributed by atoms with Crippen molar-refractivity contribution in [3.63, 3.8) is 0 Å². The Kier molecular flexibility index (Phi) is 4.57. The topological polar surface area (TPSA) is 70.8 Å². The van der Waals surface area contributed by atoms with Crippen molar-refractivity contribution in [2.24, 2.45) is 0 Å². The summed E-state index contributed by atoms with van der Waals surface area (Å²) in [6.07, 6.45) is 1.27. The first-order valence-corrected chi connectivity index (χ1v) is 6.70. The summed E-state index contributed by atoms with van der Waals surface area (Å²) in [5, 5.41) is 8.81. The second-order valence-electron chi connectivity index (χ2n) is 4.04. The fourth-order valence-electron chi connectivity index (χ4n) is 1.75. The molecule has 104 valence electrons. The molecule has 5 nitrogen and oxygen atoms in total. The minimum atomic E-state index is -0.954. The third-order valence-corrected chi connectivity index (χ3v) is 3.32. The van der Waals surface area contributed by atoms with Crippen LogP contribution in [0.5, 0.6) is 0 Å². The van der Waals surface area contributed by atoms with Crippen LogP contribution in [0.1, 0.15) is 16.8 Å². The van der Waals surface area contributed by atoms with Crippen molar-refractivity contribution in [3.05, 3.63) is 52.9 Å². The van der Waals surface area contributed by atoms with E-state index in [-0.39, 0.29) is 18.9 Å². The van der Waals surface area contributed by atoms with Crippen molar-refractivity contribution in [2.45, 2.75) is 6.42 Å². The average molecular weight is 338 g/mol. The summed E-state index contributed by atoms with van der Waals surface area (Å²) >= 11 is 3.16. The highest BCUT2D eigenvalue weighted by Crippen LogP contribution is 2.23. The molecule has 2 aromatic rings. The number of carbonyl (C=O) groups is 2. The van der Waals surface area contributed by atoms with Crippen molar-refractivity contribution < 1.29 is 19.1 Å². The second kappa shape index (κ2) is 6.38. The molecule has 0 fully saturated rings. The summed E-state index contributed by atoms with van der Waals surface area (Å²) in [4.78, 5) is 24.6. The molecule has 1 N–H and O–H groups in total. The third-order valence-electron chi connectivity index (χ3n) is 2.71. The predicted molar refractivity (Wildman–Crippen MR) is 76.8 cm³/mol. The maximum atomic E-state index is 12.5. The molecule has 0 bridgehead atoms. The number of nitrogens with zero attached hydrogens (tertiary/aromatic N) is 1. The second-order valence-corrected chi connectivity index (χ2v) is 4.76. The average Bonchev–Trinajstić information content (AvgIpc) is 2.86. The van der Waals surface area contributed by atoms with E-state index in [0.29, 0.717) is 15.9 Å². The number of carboxylic acids is 1. The van der Waals surface area contributed by atoms with Gasteiger partial charge in [0.05, 0.1) is 18.2 Å². The van der Waals surface area contributed by atoms with Crippen LogP contribution < -0.4 is 4.90 Å². The molecule has 1 amide bonds. The predicted octanol–water partition coefficient (Wildman–Crippen LogP) is 3.16. The summed E-state index contributed by atoms with van der Waals surface area (Å²) in [5.41, 5.74) is 1.01. The first-order valence-electron chi connectivity index (χ1n) is 5.91. The lowest BCUT2D eigenvalue weighted by atomic mass is 10.2. The number of amides is 1. The Hall–Kier alpha value is -2.08. The van der Waals surface area contributed by atoms with Gasteiger partial charge in [0.15, 0.2) is 4.67 Å². The van der Waals surface area contributed by atoms with Crippen LogP contribution in [0.2, 0.25) is 0 Å². The van der Waals surface area contributed by atoms with E-state index >= 15 is 0 Å². The highest BCUT2D eigenvalue weighted by atomic mass is 79.9. The first-order chi connectivity index (χ1) is 9.59. The van der Waals surface area contributed by atoms with Crippen molar-refractivity contribution in [1.82, 2.24) is 0 Å². The SMILES string of the molecule is O=C(O)CCN(C(=O)c1ccoc1Br)c1ccccc1. The van der Waals surface area contributed by atoms with Gasteiger partial charge in [0.25, 0.3) is 5.91 Å². The number of furan rings is 1. The van der Waals surface area contributed by atoms with Gasteiger partial charge in [-0.25, -0.2) is 0 Å². The first kappa shape index (κ1) is 14.3. The van der Waals surface area contributed by atoms with Gasteiger partial charge in [-0.05, 0) is 34.1 Å². The Morgan fingerprint density at radius 1 is 1.20 bits per heavy atom. The molecule has 0 radical (unpaired) electrons. The van der Waals surface area contributed by atoms with Crippen LogP contribution in [0.15, 0.2) is 51.7 Å². The van der Waals surface area contributed by atoms with Crippen molar-refractivity contribution in [3.8, 4) is 0 Å². The number of para-hydroxylation sites is 1. The van der Waals surface area contributed by atoms with E-state index in [1.807, 2.05) is 6.07 Å². The highest BCUT2D eigenvalue weighted by molar-refractivity contribution is 9.10. The minimum Gasteiger partial charge on any atom is -0.481 e. The van der Waals surface area contributed by atoms with Gasteiger partial charge in [-0.1, -0.05) is 18.2 Å². The van der Waals surface area contributed by atoms with E-state index in [4.69, 9.17) is 9.52 Å². The fraction of sp³-hybridized carbons (Fsp3) is 0.143. The largest absolute Gasteiger partial charge is 0.481 e. The zero-order valence-electron chi connectivity index (χ0n) is 10.5. The Morgan fingerprint density at radius 3 is 2.45 bits per heavy atom. The Balaban J connectivity index is 2.29. The van der Waals surface area contributed by atoms with E-state index in [9.17, 15) is 9.59 Å². The van der Waals surface area contributed by atoms with E-state index in [2.05, 4.69) is 15.9 Å². The van der Waals surface area contributed by atoms with Gasteiger partial charge in [0.1, 0.15) is 0 Å². The van der Waals surface area contributed by atoms with Crippen molar-refractivity contribution in [2.75, 3.05) is 11.4 Å². The van der Waals surface area contributed by atoms with E-state index in [1.165, 1.54) is 11.2 Å². The molecule has 0 aliphatic rings. The minimum absolute atomic E-state index is 0.0931.